The molecule has 0 radical (unpaired) electrons. The Morgan fingerprint density at radius 2 is 2.28 bits per heavy atom. The molecule has 0 aromatic rings. The highest BCUT2D eigenvalue weighted by atomic mass is 16.5. The summed E-state index contributed by atoms with van der Waals surface area (Å²) in [5.41, 5.74) is 4.95. The third-order valence-corrected chi connectivity index (χ3v) is 4.04. The first kappa shape index (κ1) is 15.9. The molecule has 2 unspecified atom stereocenters. The van der Waals surface area contributed by atoms with Gasteiger partial charge in [0.1, 0.15) is 0 Å². The van der Waals surface area contributed by atoms with Crippen molar-refractivity contribution >= 4 is 0 Å². The van der Waals surface area contributed by atoms with Crippen LogP contribution in [-0.4, -0.2) is 55.5 Å². The van der Waals surface area contributed by atoms with Crippen molar-refractivity contribution < 1.29 is 9.84 Å². The van der Waals surface area contributed by atoms with Gasteiger partial charge < -0.3 is 20.5 Å². The van der Waals surface area contributed by atoms with Crippen LogP contribution in [0.25, 0.3) is 0 Å². The minimum Gasteiger partial charge on any atom is -0.389 e. The van der Waals surface area contributed by atoms with E-state index in [0.29, 0.717) is 12.5 Å². The van der Waals surface area contributed by atoms with Gasteiger partial charge in [-0.1, -0.05) is 6.92 Å². The Kier molecular flexibility index (Phi) is 7.15. The van der Waals surface area contributed by atoms with Crippen LogP contribution in [0.4, 0.5) is 0 Å². The Hall–Kier alpha value is -0.160. The molecule has 2 atom stereocenters. The van der Waals surface area contributed by atoms with E-state index >= 15 is 0 Å². The van der Waals surface area contributed by atoms with Crippen molar-refractivity contribution in [1.29, 1.82) is 0 Å². The Morgan fingerprint density at radius 1 is 1.50 bits per heavy atom. The molecule has 18 heavy (non-hydrogen) atoms. The second-order valence-corrected chi connectivity index (χ2v) is 5.73. The summed E-state index contributed by atoms with van der Waals surface area (Å²) in [5.74, 6) is 0.684. The maximum atomic E-state index is 10.1. The van der Waals surface area contributed by atoms with E-state index in [1.165, 1.54) is 12.8 Å². The molecular weight excluding hydrogens is 228 g/mol. The predicted octanol–water partition coefficient (Wildman–Crippen LogP) is 1.22. The van der Waals surface area contributed by atoms with Crippen LogP contribution in [0.15, 0.2) is 0 Å². The van der Waals surface area contributed by atoms with E-state index in [1.54, 1.807) is 0 Å². The minimum atomic E-state index is -0.658. The summed E-state index contributed by atoms with van der Waals surface area (Å²) in [7, 11) is 2.15. The summed E-state index contributed by atoms with van der Waals surface area (Å²) in [6, 6.07) is 0. The molecule has 0 bridgehead atoms. The zero-order valence-corrected chi connectivity index (χ0v) is 12.0. The molecule has 0 amide bonds. The third-order valence-electron chi connectivity index (χ3n) is 4.04. The Balaban J connectivity index is 2.14. The van der Waals surface area contributed by atoms with E-state index < -0.39 is 5.60 Å². The van der Waals surface area contributed by atoms with Crippen LogP contribution in [0, 0.1) is 5.92 Å². The lowest BCUT2D eigenvalue weighted by Gasteiger charge is -2.29. The molecule has 4 heteroatoms. The average Bonchev–Trinajstić information content (AvgIpc) is 2.39. The van der Waals surface area contributed by atoms with Crippen LogP contribution in [0.5, 0.6) is 0 Å². The maximum Gasteiger partial charge on any atom is 0.0767 e. The van der Waals surface area contributed by atoms with Gasteiger partial charge in [-0.15, -0.1) is 0 Å². The second kappa shape index (κ2) is 8.10. The van der Waals surface area contributed by atoms with Crippen molar-refractivity contribution in [2.45, 2.75) is 44.6 Å². The van der Waals surface area contributed by atoms with Crippen molar-refractivity contribution in [3.05, 3.63) is 0 Å². The zero-order chi connectivity index (χ0) is 13.4. The van der Waals surface area contributed by atoms with Gasteiger partial charge >= 0.3 is 0 Å². The van der Waals surface area contributed by atoms with Gasteiger partial charge in [0.05, 0.1) is 12.2 Å². The molecule has 1 saturated heterocycles. The van der Waals surface area contributed by atoms with Gasteiger partial charge in [0.15, 0.2) is 0 Å². The van der Waals surface area contributed by atoms with Gasteiger partial charge in [-0.25, -0.2) is 0 Å². The molecule has 0 spiro atoms. The normalized spacial score (nSPS) is 24.2. The minimum absolute atomic E-state index is 0.365. The molecule has 4 nitrogen and oxygen atoms in total. The fourth-order valence-electron chi connectivity index (χ4n) is 2.58. The topological polar surface area (TPSA) is 58.7 Å². The van der Waals surface area contributed by atoms with Crippen LogP contribution in [0.1, 0.15) is 39.0 Å². The number of ether oxygens (including phenoxy) is 1. The summed E-state index contributed by atoms with van der Waals surface area (Å²) in [6.45, 7) is 6.33. The summed E-state index contributed by atoms with van der Waals surface area (Å²) >= 11 is 0. The van der Waals surface area contributed by atoms with Crippen molar-refractivity contribution in [1.82, 2.24) is 4.90 Å². The number of nitrogens with two attached hydrogens (primary N) is 1. The zero-order valence-electron chi connectivity index (χ0n) is 12.0. The molecule has 3 N–H and O–H groups in total. The Labute approximate surface area is 111 Å². The summed E-state index contributed by atoms with van der Waals surface area (Å²) in [5, 5.41) is 10.1. The van der Waals surface area contributed by atoms with Gasteiger partial charge in [0, 0.05) is 19.7 Å². The van der Waals surface area contributed by atoms with Crippen molar-refractivity contribution in [3.8, 4) is 0 Å². The van der Waals surface area contributed by atoms with E-state index in [9.17, 15) is 5.11 Å². The van der Waals surface area contributed by atoms with Crippen LogP contribution < -0.4 is 5.73 Å². The predicted molar refractivity (Wildman–Crippen MR) is 74.6 cm³/mol. The smallest absolute Gasteiger partial charge is 0.0767 e. The van der Waals surface area contributed by atoms with Gasteiger partial charge in [0.2, 0.25) is 0 Å². The van der Waals surface area contributed by atoms with Crippen LogP contribution in [0.2, 0.25) is 0 Å². The fraction of sp³-hybridized carbons (Fsp3) is 1.00. The number of rotatable bonds is 8. The lowest BCUT2D eigenvalue weighted by Crippen LogP contribution is -2.38. The molecular formula is C14H30N2O2. The third kappa shape index (κ3) is 5.65. The van der Waals surface area contributed by atoms with Gasteiger partial charge in [-0.2, -0.15) is 0 Å². The van der Waals surface area contributed by atoms with E-state index in [4.69, 9.17) is 10.5 Å². The summed E-state index contributed by atoms with van der Waals surface area (Å²) in [6.07, 6.45) is 5.02. The number of nitrogens with zero attached hydrogens (tertiary/aromatic N) is 1. The summed E-state index contributed by atoms with van der Waals surface area (Å²) < 4.78 is 5.49. The Bertz CT molecular complexity index is 214. The molecule has 1 aliphatic rings. The standard InChI is InChI=1S/C14H30N2O2/c1-3-14(17,12-15)7-5-8-16(2)10-13-6-4-9-18-11-13/h13,17H,3-12,15H2,1-2H3. The molecule has 0 aromatic heterocycles. The molecule has 0 aliphatic carbocycles. The van der Waals surface area contributed by atoms with E-state index in [0.717, 1.165) is 45.6 Å². The van der Waals surface area contributed by atoms with Crippen molar-refractivity contribution in [3.63, 3.8) is 0 Å². The summed E-state index contributed by atoms with van der Waals surface area (Å²) in [4.78, 5) is 2.35. The average molecular weight is 258 g/mol. The van der Waals surface area contributed by atoms with Crippen LogP contribution in [-0.2, 0) is 4.74 Å². The molecule has 1 aliphatic heterocycles. The van der Waals surface area contributed by atoms with Crippen LogP contribution >= 0.6 is 0 Å². The highest BCUT2D eigenvalue weighted by molar-refractivity contribution is 4.78. The first-order valence-electron chi connectivity index (χ1n) is 7.28. The second-order valence-electron chi connectivity index (χ2n) is 5.73. The monoisotopic (exact) mass is 258 g/mol. The SMILES string of the molecule is CCC(O)(CN)CCCN(C)CC1CCCOC1. The molecule has 1 rings (SSSR count). The van der Waals surface area contributed by atoms with E-state index in [-0.39, 0.29) is 0 Å². The van der Waals surface area contributed by atoms with Gasteiger partial charge in [-0.05, 0) is 51.6 Å². The molecule has 1 heterocycles. The van der Waals surface area contributed by atoms with Gasteiger partial charge in [0.25, 0.3) is 0 Å². The molecule has 108 valence electrons. The molecule has 1 fully saturated rings. The Morgan fingerprint density at radius 3 is 2.83 bits per heavy atom. The van der Waals surface area contributed by atoms with Crippen molar-refractivity contribution in [2.24, 2.45) is 11.7 Å². The lowest BCUT2D eigenvalue weighted by molar-refractivity contribution is 0.0270. The first-order valence-corrected chi connectivity index (χ1v) is 7.28. The molecule has 0 aromatic carbocycles. The number of aliphatic hydroxyl groups is 1. The highest BCUT2D eigenvalue weighted by Gasteiger charge is 2.22. The first-order chi connectivity index (χ1) is 8.59. The lowest BCUT2D eigenvalue weighted by atomic mass is 9.94. The molecule has 0 saturated carbocycles. The maximum absolute atomic E-state index is 10.1. The quantitative estimate of drug-likeness (QED) is 0.687. The fourth-order valence-corrected chi connectivity index (χ4v) is 2.58. The number of hydrogen-bond donors (Lipinski definition) is 2. The highest BCUT2D eigenvalue weighted by Crippen LogP contribution is 2.17. The van der Waals surface area contributed by atoms with Gasteiger partial charge in [-0.3, -0.25) is 0 Å². The van der Waals surface area contributed by atoms with E-state index in [2.05, 4.69) is 11.9 Å². The largest absolute Gasteiger partial charge is 0.389 e. The van der Waals surface area contributed by atoms with E-state index in [1.807, 2.05) is 6.92 Å². The van der Waals surface area contributed by atoms with Crippen molar-refractivity contribution in [2.75, 3.05) is 39.9 Å². The van der Waals surface area contributed by atoms with Crippen LogP contribution in [0.3, 0.4) is 0 Å². The number of hydrogen-bond acceptors (Lipinski definition) is 4.